The van der Waals surface area contributed by atoms with Gasteiger partial charge in [0, 0.05) is 12.1 Å². The number of nitrogens with zero attached hydrogens (tertiary/aromatic N) is 3. The second kappa shape index (κ2) is 4.55. The second-order valence-electron chi connectivity index (χ2n) is 4.44. The summed E-state index contributed by atoms with van der Waals surface area (Å²) >= 11 is 0. The van der Waals surface area contributed by atoms with Crippen LogP contribution >= 0.6 is 0 Å². The molecule has 10 heteroatoms. The third-order valence-corrected chi connectivity index (χ3v) is 3.13. The Hall–Kier alpha value is -3.43. The van der Waals surface area contributed by atoms with Crippen LogP contribution in [0.5, 0.6) is 5.88 Å². The minimum Gasteiger partial charge on any atom is -0.449 e. The van der Waals surface area contributed by atoms with Crippen LogP contribution in [0.15, 0.2) is 23.0 Å². The zero-order valence-electron chi connectivity index (χ0n) is 11.1. The van der Waals surface area contributed by atoms with Gasteiger partial charge in [0.1, 0.15) is 0 Å². The van der Waals surface area contributed by atoms with E-state index < -0.39 is 16.6 Å². The van der Waals surface area contributed by atoms with Crippen molar-refractivity contribution in [1.82, 2.24) is 14.4 Å². The van der Waals surface area contributed by atoms with E-state index in [0.29, 0.717) is 11.0 Å². The van der Waals surface area contributed by atoms with Gasteiger partial charge >= 0.3 is 6.16 Å². The van der Waals surface area contributed by atoms with Gasteiger partial charge in [0.15, 0.2) is 0 Å². The minimum atomic E-state index is -1.57. The van der Waals surface area contributed by atoms with E-state index in [0.717, 1.165) is 0 Å². The number of nitro benzene ring substituents is 1. The molecule has 0 atom stereocenters. The number of aromatic nitrogens is 3. The molecule has 0 saturated carbocycles. The van der Waals surface area contributed by atoms with E-state index in [1.165, 1.54) is 29.5 Å². The van der Waals surface area contributed by atoms with Crippen LogP contribution < -0.4 is 10.3 Å². The van der Waals surface area contributed by atoms with Gasteiger partial charge in [-0.2, -0.15) is 4.98 Å². The van der Waals surface area contributed by atoms with E-state index in [9.17, 15) is 19.7 Å². The average Bonchev–Trinajstić information content (AvgIpc) is 2.76. The Morgan fingerprint density at radius 1 is 1.50 bits per heavy atom. The van der Waals surface area contributed by atoms with Crippen molar-refractivity contribution >= 4 is 28.5 Å². The smallest absolute Gasteiger partial charge is 0.449 e. The van der Waals surface area contributed by atoms with E-state index in [2.05, 4.69) is 14.7 Å². The monoisotopic (exact) mass is 304 g/mol. The number of aromatic amines is 1. The van der Waals surface area contributed by atoms with Crippen LogP contribution in [0.2, 0.25) is 0 Å². The molecule has 0 aliphatic rings. The fraction of sp³-hybridized carbons (Fsp3) is 0.0833. The van der Waals surface area contributed by atoms with Gasteiger partial charge in [-0.3, -0.25) is 19.3 Å². The molecule has 0 aliphatic heterocycles. The molecule has 1 aromatic carbocycles. The Balaban J connectivity index is 2.44. The van der Waals surface area contributed by atoms with E-state index in [1.807, 2.05) is 0 Å². The number of imidazole rings is 1. The first-order valence-electron chi connectivity index (χ1n) is 5.98. The maximum atomic E-state index is 12.0. The van der Waals surface area contributed by atoms with Gasteiger partial charge in [-0.05, 0) is 13.0 Å². The first-order valence-corrected chi connectivity index (χ1v) is 5.98. The molecule has 22 heavy (non-hydrogen) atoms. The van der Waals surface area contributed by atoms with E-state index in [-0.39, 0.29) is 22.9 Å². The summed E-state index contributed by atoms with van der Waals surface area (Å²) in [5.74, 6) is -0.253. The predicted molar refractivity (Wildman–Crippen MR) is 73.4 cm³/mol. The summed E-state index contributed by atoms with van der Waals surface area (Å²) in [5.41, 5.74) is 0.0644. The van der Waals surface area contributed by atoms with Gasteiger partial charge in [-0.15, -0.1) is 0 Å². The van der Waals surface area contributed by atoms with Gasteiger partial charge in [0.25, 0.3) is 11.2 Å². The number of ether oxygens (including phenoxy) is 1. The lowest BCUT2D eigenvalue weighted by Gasteiger charge is -2.03. The topological polar surface area (TPSA) is 140 Å². The summed E-state index contributed by atoms with van der Waals surface area (Å²) in [4.78, 5) is 39.3. The first kappa shape index (κ1) is 13.5. The van der Waals surface area contributed by atoms with Crippen LogP contribution in [-0.2, 0) is 0 Å². The number of aryl methyl sites for hydroxylation is 1. The van der Waals surface area contributed by atoms with Gasteiger partial charge in [-0.1, -0.05) is 0 Å². The molecule has 2 aromatic heterocycles. The number of nitro groups is 1. The quantitative estimate of drug-likeness (QED) is 0.414. The molecule has 0 fully saturated rings. The summed E-state index contributed by atoms with van der Waals surface area (Å²) in [6.07, 6.45) is -1.57. The van der Waals surface area contributed by atoms with Crippen LogP contribution in [0.1, 0.15) is 5.69 Å². The van der Waals surface area contributed by atoms with Crippen molar-refractivity contribution in [3.63, 3.8) is 0 Å². The molecule has 0 spiro atoms. The predicted octanol–water partition coefficient (Wildman–Crippen LogP) is 1.45. The molecule has 0 bridgehead atoms. The summed E-state index contributed by atoms with van der Waals surface area (Å²) in [7, 11) is 0. The van der Waals surface area contributed by atoms with Gasteiger partial charge in [0.05, 0.1) is 21.7 Å². The van der Waals surface area contributed by atoms with Crippen LogP contribution in [0.3, 0.4) is 0 Å². The Labute approximate surface area is 120 Å². The van der Waals surface area contributed by atoms with Crippen LogP contribution in [0.4, 0.5) is 10.5 Å². The SMILES string of the molecule is Cc1c(OC(=O)O)nc2c(=O)[nH]c3ccc([N+](=O)[O-])cc3n12. The summed E-state index contributed by atoms with van der Waals surface area (Å²) in [5, 5.41) is 19.6. The number of hydrogen-bond donors (Lipinski definition) is 2. The molecular formula is C12H8N4O6. The number of fused-ring (bicyclic) bond motifs is 3. The fourth-order valence-corrected chi connectivity index (χ4v) is 2.21. The molecular weight excluding hydrogens is 296 g/mol. The molecule has 2 heterocycles. The highest BCUT2D eigenvalue weighted by atomic mass is 16.7. The number of benzene rings is 1. The lowest BCUT2D eigenvalue weighted by Crippen LogP contribution is -2.11. The fourth-order valence-electron chi connectivity index (χ4n) is 2.21. The Bertz CT molecular complexity index is 1000. The third-order valence-electron chi connectivity index (χ3n) is 3.13. The maximum absolute atomic E-state index is 12.0. The maximum Gasteiger partial charge on any atom is 0.512 e. The Morgan fingerprint density at radius 3 is 2.86 bits per heavy atom. The molecule has 0 unspecified atom stereocenters. The van der Waals surface area contributed by atoms with Crippen LogP contribution in [-0.4, -0.2) is 30.6 Å². The standard InChI is InChI=1S/C12H8N4O6/c1-5-11(22-12(18)19)14-9-10(17)13-7-3-2-6(16(20)21)4-8(7)15(5)9/h2-4H,1H3,(H,13,17)(H,18,19). The van der Waals surface area contributed by atoms with Crippen molar-refractivity contribution in [1.29, 1.82) is 0 Å². The van der Waals surface area contributed by atoms with E-state index in [4.69, 9.17) is 5.11 Å². The van der Waals surface area contributed by atoms with Gasteiger partial charge < -0.3 is 14.8 Å². The largest absolute Gasteiger partial charge is 0.512 e. The highest BCUT2D eigenvalue weighted by Gasteiger charge is 2.18. The van der Waals surface area contributed by atoms with Crippen LogP contribution in [0.25, 0.3) is 16.7 Å². The zero-order chi connectivity index (χ0) is 16.0. The number of hydrogen-bond acceptors (Lipinski definition) is 6. The number of carboxylic acid groups (broad SMARTS) is 1. The second-order valence-corrected chi connectivity index (χ2v) is 4.44. The van der Waals surface area contributed by atoms with Crippen LogP contribution in [0, 0.1) is 17.0 Å². The summed E-state index contributed by atoms with van der Waals surface area (Å²) in [6.45, 7) is 1.50. The highest BCUT2D eigenvalue weighted by Crippen LogP contribution is 2.24. The van der Waals surface area contributed by atoms with Crippen molar-refractivity contribution < 1.29 is 19.6 Å². The van der Waals surface area contributed by atoms with Gasteiger partial charge in [-0.25, -0.2) is 4.79 Å². The van der Waals surface area contributed by atoms with E-state index >= 15 is 0 Å². The molecule has 2 N–H and O–H groups in total. The van der Waals surface area contributed by atoms with E-state index in [1.54, 1.807) is 0 Å². The van der Waals surface area contributed by atoms with Crippen molar-refractivity contribution in [2.75, 3.05) is 0 Å². The number of nitrogens with one attached hydrogen (secondary N) is 1. The number of rotatable bonds is 2. The van der Waals surface area contributed by atoms with Crippen molar-refractivity contribution in [3.8, 4) is 5.88 Å². The molecule has 3 rings (SSSR count). The zero-order valence-corrected chi connectivity index (χ0v) is 11.1. The summed E-state index contributed by atoms with van der Waals surface area (Å²) in [6, 6.07) is 3.91. The molecule has 0 amide bonds. The molecule has 0 radical (unpaired) electrons. The molecule has 0 aliphatic carbocycles. The molecule has 0 saturated heterocycles. The lowest BCUT2D eigenvalue weighted by atomic mass is 10.2. The van der Waals surface area contributed by atoms with Crippen molar-refractivity contribution in [3.05, 3.63) is 44.4 Å². The number of non-ortho nitro benzene ring substituents is 1. The third kappa shape index (κ3) is 1.93. The van der Waals surface area contributed by atoms with Gasteiger partial charge in [0.2, 0.25) is 11.5 Å². The lowest BCUT2D eigenvalue weighted by molar-refractivity contribution is -0.384. The average molecular weight is 304 g/mol. The summed E-state index contributed by atoms with van der Waals surface area (Å²) < 4.78 is 5.83. The Morgan fingerprint density at radius 2 is 2.23 bits per heavy atom. The normalized spacial score (nSPS) is 11.0. The molecule has 112 valence electrons. The molecule has 10 nitrogen and oxygen atoms in total. The Kier molecular flexibility index (Phi) is 2.80. The number of H-pyrrole nitrogens is 1. The highest BCUT2D eigenvalue weighted by molar-refractivity contribution is 5.80. The number of carbonyl (C=O) groups is 1. The first-order chi connectivity index (χ1) is 10.4. The van der Waals surface area contributed by atoms with Crippen molar-refractivity contribution in [2.24, 2.45) is 0 Å². The molecule has 3 aromatic rings. The minimum absolute atomic E-state index is 0.109. The van der Waals surface area contributed by atoms with Crippen molar-refractivity contribution in [2.45, 2.75) is 6.92 Å².